The Morgan fingerprint density at radius 2 is 1.83 bits per heavy atom. The molecule has 2 aromatic carbocycles. The van der Waals surface area contributed by atoms with E-state index in [1.165, 1.54) is 17.8 Å². The van der Waals surface area contributed by atoms with Crippen molar-refractivity contribution in [2.45, 2.75) is 9.79 Å². The number of nitrogen functional groups attached to an aromatic ring is 1. The molecule has 90 valence electrons. The minimum absolute atomic E-state index is 0.434. The topological polar surface area (TPSA) is 49.8 Å². The summed E-state index contributed by atoms with van der Waals surface area (Å²) in [5.74, 6) is -1.78. The number of halogens is 2. The first-order chi connectivity index (χ1) is 8.60. The lowest BCUT2D eigenvalue weighted by Crippen LogP contribution is -1.90. The monoisotopic (exact) mass is 262 g/mol. The molecular formula is C13H8F2N2S. The Balaban J connectivity index is 2.29. The largest absolute Gasteiger partial charge is 0.398 e. The number of anilines is 1. The highest BCUT2D eigenvalue weighted by molar-refractivity contribution is 7.99. The van der Waals surface area contributed by atoms with Gasteiger partial charge in [-0.15, -0.1) is 0 Å². The molecule has 18 heavy (non-hydrogen) atoms. The summed E-state index contributed by atoms with van der Waals surface area (Å²) in [6.07, 6.45) is 0. The molecule has 0 unspecified atom stereocenters. The zero-order valence-electron chi connectivity index (χ0n) is 9.15. The molecule has 0 saturated heterocycles. The van der Waals surface area contributed by atoms with Crippen LogP contribution >= 0.6 is 11.8 Å². The molecule has 0 aromatic heterocycles. The average molecular weight is 262 g/mol. The summed E-state index contributed by atoms with van der Waals surface area (Å²) in [6.45, 7) is 0. The molecule has 5 heteroatoms. The van der Waals surface area contributed by atoms with E-state index in [2.05, 4.69) is 0 Å². The molecule has 2 aromatic rings. The van der Waals surface area contributed by atoms with E-state index in [1.54, 1.807) is 18.2 Å². The second-order valence-electron chi connectivity index (χ2n) is 3.54. The van der Waals surface area contributed by atoms with Crippen LogP contribution in [0.1, 0.15) is 5.56 Å². The summed E-state index contributed by atoms with van der Waals surface area (Å²) in [7, 11) is 0. The van der Waals surface area contributed by atoms with Crippen LogP contribution in [0.15, 0.2) is 46.2 Å². The van der Waals surface area contributed by atoms with Crippen LogP contribution < -0.4 is 5.73 Å². The zero-order valence-corrected chi connectivity index (χ0v) is 9.97. The van der Waals surface area contributed by atoms with Crippen molar-refractivity contribution in [1.82, 2.24) is 0 Å². The van der Waals surface area contributed by atoms with Crippen molar-refractivity contribution in [2.75, 3.05) is 5.73 Å². The minimum atomic E-state index is -0.896. The van der Waals surface area contributed by atoms with Gasteiger partial charge < -0.3 is 5.73 Å². The molecule has 0 bridgehead atoms. The number of hydrogen-bond donors (Lipinski definition) is 1. The Morgan fingerprint density at radius 1 is 1.06 bits per heavy atom. The van der Waals surface area contributed by atoms with E-state index in [4.69, 9.17) is 11.0 Å². The van der Waals surface area contributed by atoms with Gasteiger partial charge in [-0.1, -0.05) is 11.8 Å². The van der Waals surface area contributed by atoms with Crippen LogP contribution in [0, 0.1) is 23.0 Å². The second kappa shape index (κ2) is 5.07. The summed E-state index contributed by atoms with van der Waals surface area (Å²) < 4.78 is 25.8. The third kappa shape index (κ3) is 2.60. The highest BCUT2D eigenvalue weighted by Crippen LogP contribution is 2.33. The van der Waals surface area contributed by atoms with E-state index in [0.717, 1.165) is 12.1 Å². The number of benzene rings is 2. The molecule has 0 atom stereocenters. The van der Waals surface area contributed by atoms with E-state index >= 15 is 0 Å². The molecule has 0 aliphatic heterocycles. The van der Waals surface area contributed by atoms with Crippen LogP contribution in [0.2, 0.25) is 0 Å². The molecule has 0 fully saturated rings. The summed E-state index contributed by atoms with van der Waals surface area (Å²) in [5.41, 5.74) is 6.67. The van der Waals surface area contributed by atoms with Gasteiger partial charge in [-0.25, -0.2) is 8.78 Å². The third-order valence-corrected chi connectivity index (χ3v) is 3.34. The van der Waals surface area contributed by atoms with Gasteiger partial charge in [0.05, 0.1) is 11.6 Å². The SMILES string of the molecule is N#Cc1ccc(Sc2ccc(F)c(F)c2)c(N)c1. The van der Waals surface area contributed by atoms with E-state index in [1.807, 2.05) is 6.07 Å². The lowest BCUT2D eigenvalue weighted by atomic mass is 10.2. The lowest BCUT2D eigenvalue weighted by Gasteiger charge is -2.06. The number of rotatable bonds is 2. The Hall–Kier alpha value is -2.06. The molecule has 2 rings (SSSR count). The number of nitriles is 1. The van der Waals surface area contributed by atoms with Crippen molar-refractivity contribution in [3.63, 3.8) is 0 Å². The van der Waals surface area contributed by atoms with Gasteiger partial charge >= 0.3 is 0 Å². The van der Waals surface area contributed by atoms with Crippen LogP contribution in [0.25, 0.3) is 0 Å². The fourth-order valence-corrected chi connectivity index (χ4v) is 2.24. The van der Waals surface area contributed by atoms with Gasteiger partial charge in [-0.2, -0.15) is 5.26 Å². The molecule has 0 spiro atoms. The maximum absolute atomic E-state index is 13.0. The summed E-state index contributed by atoms with van der Waals surface area (Å²) in [6, 6.07) is 10.5. The minimum Gasteiger partial charge on any atom is -0.398 e. The van der Waals surface area contributed by atoms with Crippen LogP contribution in [0.4, 0.5) is 14.5 Å². The molecule has 0 saturated carbocycles. The lowest BCUT2D eigenvalue weighted by molar-refractivity contribution is 0.506. The normalized spacial score (nSPS) is 10.1. The average Bonchev–Trinajstić information content (AvgIpc) is 2.36. The van der Waals surface area contributed by atoms with Crippen molar-refractivity contribution >= 4 is 17.4 Å². The first-order valence-electron chi connectivity index (χ1n) is 5.02. The Labute approximate surface area is 107 Å². The van der Waals surface area contributed by atoms with Crippen molar-refractivity contribution < 1.29 is 8.78 Å². The number of nitrogens with zero attached hydrogens (tertiary/aromatic N) is 1. The van der Waals surface area contributed by atoms with Gasteiger partial charge in [-0.05, 0) is 36.4 Å². The smallest absolute Gasteiger partial charge is 0.159 e. The Bertz CT molecular complexity index is 635. The third-order valence-electron chi connectivity index (χ3n) is 2.26. The summed E-state index contributed by atoms with van der Waals surface area (Å²) >= 11 is 1.22. The first-order valence-corrected chi connectivity index (χ1v) is 5.84. The Kier molecular flexibility index (Phi) is 3.49. The molecule has 2 nitrogen and oxygen atoms in total. The number of nitrogens with two attached hydrogens (primary N) is 1. The van der Waals surface area contributed by atoms with Crippen molar-refractivity contribution in [1.29, 1.82) is 5.26 Å². The van der Waals surface area contributed by atoms with Crippen LogP contribution in [-0.4, -0.2) is 0 Å². The van der Waals surface area contributed by atoms with Crippen LogP contribution in [-0.2, 0) is 0 Å². The fourth-order valence-electron chi connectivity index (χ4n) is 1.38. The van der Waals surface area contributed by atoms with E-state index < -0.39 is 11.6 Å². The van der Waals surface area contributed by atoms with E-state index in [9.17, 15) is 8.78 Å². The van der Waals surface area contributed by atoms with Gasteiger partial charge in [0.1, 0.15) is 0 Å². The first kappa shape index (κ1) is 12.4. The maximum Gasteiger partial charge on any atom is 0.159 e. The van der Waals surface area contributed by atoms with E-state index in [0.29, 0.717) is 21.0 Å². The second-order valence-corrected chi connectivity index (χ2v) is 4.66. The van der Waals surface area contributed by atoms with Gasteiger partial charge in [0.2, 0.25) is 0 Å². The predicted octanol–water partition coefficient (Wildman–Crippen LogP) is 3.57. The maximum atomic E-state index is 13.0. The zero-order chi connectivity index (χ0) is 13.1. The van der Waals surface area contributed by atoms with Crippen molar-refractivity contribution in [3.05, 3.63) is 53.6 Å². The van der Waals surface area contributed by atoms with Gasteiger partial charge in [-0.3, -0.25) is 0 Å². The van der Waals surface area contributed by atoms with Gasteiger partial charge in [0.15, 0.2) is 11.6 Å². The van der Waals surface area contributed by atoms with Gasteiger partial charge in [0.25, 0.3) is 0 Å². The quantitative estimate of drug-likeness (QED) is 0.842. The highest BCUT2D eigenvalue weighted by Gasteiger charge is 2.06. The predicted molar refractivity (Wildman–Crippen MR) is 66.1 cm³/mol. The molecular weight excluding hydrogens is 254 g/mol. The molecule has 0 radical (unpaired) electrons. The standard InChI is InChI=1S/C13H8F2N2S/c14-10-3-2-9(6-11(10)15)18-13-4-1-8(7-16)5-12(13)17/h1-6H,17H2. The summed E-state index contributed by atoms with van der Waals surface area (Å²) in [4.78, 5) is 1.24. The highest BCUT2D eigenvalue weighted by atomic mass is 32.2. The van der Waals surface area contributed by atoms with Crippen LogP contribution in [0.3, 0.4) is 0 Å². The van der Waals surface area contributed by atoms with Crippen LogP contribution in [0.5, 0.6) is 0 Å². The summed E-state index contributed by atoms with van der Waals surface area (Å²) in [5, 5.41) is 8.71. The van der Waals surface area contributed by atoms with E-state index in [-0.39, 0.29) is 0 Å². The van der Waals surface area contributed by atoms with Crippen molar-refractivity contribution in [3.8, 4) is 6.07 Å². The Morgan fingerprint density at radius 3 is 2.44 bits per heavy atom. The van der Waals surface area contributed by atoms with Crippen molar-refractivity contribution in [2.24, 2.45) is 0 Å². The molecule has 0 aliphatic carbocycles. The van der Waals surface area contributed by atoms with Gasteiger partial charge in [0, 0.05) is 15.5 Å². The molecule has 0 amide bonds. The molecule has 0 heterocycles. The number of hydrogen-bond acceptors (Lipinski definition) is 3. The molecule has 2 N–H and O–H groups in total. The fraction of sp³-hybridized carbons (Fsp3) is 0. The molecule has 0 aliphatic rings.